The van der Waals surface area contributed by atoms with Crippen molar-refractivity contribution in [3.05, 3.63) is 84.9 Å². The normalized spacial score (nSPS) is 16.1. The van der Waals surface area contributed by atoms with Gasteiger partial charge in [-0.3, -0.25) is 4.79 Å². The van der Waals surface area contributed by atoms with E-state index >= 15 is 0 Å². The molecule has 2 aromatic carbocycles. The Hall–Kier alpha value is -4.00. The highest BCUT2D eigenvalue weighted by atomic mass is 16.5. The number of anilines is 1. The quantitative estimate of drug-likeness (QED) is 0.344. The van der Waals surface area contributed by atoms with Crippen molar-refractivity contribution in [1.29, 1.82) is 0 Å². The molecule has 7 nitrogen and oxygen atoms in total. The Morgan fingerprint density at radius 1 is 0.872 bits per heavy atom. The van der Waals surface area contributed by atoms with Gasteiger partial charge in [-0.2, -0.15) is 0 Å². The molecule has 0 saturated carbocycles. The molecular weight excluding hydrogens is 488 g/mol. The minimum absolute atomic E-state index is 0.0155. The van der Waals surface area contributed by atoms with Gasteiger partial charge in [0, 0.05) is 76.6 Å². The fourth-order valence-corrected chi connectivity index (χ4v) is 5.16. The Morgan fingerprint density at radius 2 is 1.56 bits per heavy atom. The first kappa shape index (κ1) is 26.6. The molecular formula is C32H38N4O3. The van der Waals surface area contributed by atoms with Crippen LogP contribution in [0.25, 0.3) is 11.1 Å². The highest BCUT2D eigenvalue weighted by molar-refractivity contribution is 5.97. The van der Waals surface area contributed by atoms with Crippen molar-refractivity contribution in [1.82, 2.24) is 14.8 Å². The maximum absolute atomic E-state index is 13.4. The maximum Gasteiger partial charge on any atom is 0.257 e. The second kappa shape index (κ2) is 12.2. The highest BCUT2D eigenvalue weighted by Crippen LogP contribution is 2.27. The van der Waals surface area contributed by atoms with E-state index in [2.05, 4.69) is 45.6 Å². The summed E-state index contributed by atoms with van der Waals surface area (Å²) in [6.45, 7) is 7.27. The number of hydrogen-bond acceptors (Lipinski definition) is 6. The predicted molar refractivity (Wildman–Crippen MR) is 155 cm³/mol. The molecule has 0 N–H and O–H groups in total. The number of pyridine rings is 1. The molecule has 0 radical (unpaired) electrons. The number of benzene rings is 2. The number of rotatable bonds is 8. The molecule has 204 valence electrons. The van der Waals surface area contributed by atoms with Crippen LogP contribution in [-0.2, 0) is 0 Å². The molecule has 3 aromatic rings. The van der Waals surface area contributed by atoms with Gasteiger partial charge in [0.2, 0.25) is 5.88 Å². The molecule has 0 atom stereocenters. The van der Waals surface area contributed by atoms with E-state index in [0.29, 0.717) is 36.2 Å². The van der Waals surface area contributed by atoms with E-state index in [-0.39, 0.29) is 12.0 Å². The van der Waals surface area contributed by atoms with Crippen molar-refractivity contribution in [2.75, 3.05) is 45.2 Å². The van der Waals surface area contributed by atoms with E-state index in [9.17, 15) is 4.79 Å². The number of hydrogen-bond donors (Lipinski definition) is 0. The second-order valence-electron chi connectivity index (χ2n) is 10.5. The molecule has 1 aromatic heterocycles. The molecule has 0 aliphatic carbocycles. The fraction of sp³-hybridized carbons (Fsp3) is 0.375. The van der Waals surface area contributed by atoms with Gasteiger partial charge < -0.3 is 24.2 Å². The van der Waals surface area contributed by atoms with Crippen LogP contribution in [0.15, 0.2) is 79.3 Å². The molecule has 39 heavy (non-hydrogen) atoms. The molecule has 2 aliphatic rings. The highest BCUT2D eigenvalue weighted by Gasteiger charge is 2.27. The zero-order valence-electron chi connectivity index (χ0n) is 23.0. The lowest BCUT2D eigenvalue weighted by Gasteiger charge is -2.33. The zero-order valence-corrected chi connectivity index (χ0v) is 23.0. The van der Waals surface area contributed by atoms with Crippen molar-refractivity contribution in [3.63, 3.8) is 0 Å². The average molecular weight is 527 g/mol. The summed E-state index contributed by atoms with van der Waals surface area (Å²) in [5.41, 5.74) is 3.91. The molecule has 2 fully saturated rings. The third-order valence-electron chi connectivity index (χ3n) is 7.52. The lowest BCUT2D eigenvalue weighted by Crippen LogP contribution is -2.42. The third-order valence-corrected chi connectivity index (χ3v) is 7.52. The van der Waals surface area contributed by atoms with Gasteiger partial charge in [0.1, 0.15) is 11.9 Å². The molecule has 2 aliphatic heterocycles. The van der Waals surface area contributed by atoms with Gasteiger partial charge in [0.05, 0.1) is 5.56 Å². The number of amides is 1. The van der Waals surface area contributed by atoms with Crippen molar-refractivity contribution in [2.45, 2.75) is 38.2 Å². The van der Waals surface area contributed by atoms with Gasteiger partial charge >= 0.3 is 0 Å². The minimum atomic E-state index is -0.0155. The summed E-state index contributed by atoms with van der Waals surface area (Å²) >= 11 is 0. The molecule has 7 heteroatoms. The van der Waals surface area contributed by atoms with E-state index in [1.165, 1.54) is 6.42 Å². The minimum Gasteiger partial charge on any atom is -0.474 e. The first-order valence-corrected chi connectivity index (χ1v) is 13.9. The lowest BCUT2D eigenvalue weighted by molar-refractivity contribution is 0.0584. The largest absolute Gasteiger partial charge is 0.474 e. The van der Waals surface area contributed by atoms with Gasteiger partial charge in [-0.1, -0.05) is 24.3 Å². The first-order chi connectivity index (χ1) is 19.0. The number of ether oxygens (including phenoxy) is 2. The Kier molecular flexibility index (Phi) is 8.35. The first-order valence-electron chi connectivity index (χ1n) is 13.9. The van der Waals surface area contributed by atoms with Crippen molar-refractivity contribution in [3.8, 4) is 22.8 Å². The summed E-state index contributed by atoms with van der Waals surface area (Å²) < 4.78 is 12.3. The average Bonchev–Trinajstić information content (AvgIpc) is 2.98. The Morgan fingerprint density at radius 3 is 2.23 bits per heavy atom. The van der Waals surface area contributed by atoms with Gasteiger partial charge in [-0.15, -0.1) is 0 Å². The van der Waals surface area contributed by atoms with E-state index in [0.717, 1.165) is 55.6 Å². The summed E-state index contributed by atoms with van der Waals surface area (Å²) in [4.78, 5) is 24.1. The van der Waals surface area contributed by atoms with Gasteiger partial charge in [-0.25, -0.2) is 4.98 Å². The van der Waals surface area contributed by atoms with Crippen molar-refractivity contribution in [2.24, 2.45) is 0 Å². The molecule has 0 bridgehead atoms. The van der Waals surface area contributed by atoms with E-state index in [1.807, 2.05) is 61.6 Å². The van der Waals surface area contributed by atoms with Crippen LogP contribution >= 0.6 is 0 Å². The van der Waals surface area contributed by atoms with E-state index in [1.54, 1.807) is 0 Å². The number of carbonyl (C=O) groups excluding carboxylic acids is 1. The van der Waals surface area contributed by atoms with Gasteiger partial charge in [0.15, 0.2) is 5.88 Å². The standard InChI is InChI=1S/C32H38N4O3/c1-24(35-19-7-4-8-20-35)38-30-10-6-5-9-29(30)32(37)36-21-17-28(18-22-36)39-31-16-13-26(23-33-31)25-11-14-27(15-12-25)34(2)3/h5-6,9-16,23,28H,1,4,7-8,17-22H2,2-3H3. The maximum atomic E-state index is 13.4. The molecule has 1 amide bonds. The SMILES string of the molecule is C=C(Oc1ccccc1C(=O)N1CCC(Oc2ccc(-c3ccc(N(C)C)cc3)cn2)CC1)N1CCCCC1. The Labute approximate surface area is 231 Å². The molecule has 3 heterocycles. The zero-order chi connectivity index (χ0) is 27.2. The van der Waals surface area contributed by atoms with Crippen LogP contribution < -0.4 is 14.4 Å². The van der Waals surface area contributed by atoms with E-state index < -0.39 is 0 Å². The molecule has 5 rings (SSSR count). The fourth-order valence-electron chi connectivity index (χ4n) is 5.16. The van der Waals surface area contributed by atoms with Crippen molar-refractivity contribution >= 4 is 11.6 Å². The molecule has 0 spiro atoms. The monoisotopic (exact) mass is 526 g/mol. The Bertz CT molecular complexity index is 1260. The summed E-state index contributed by atoms with van der Waals surface area (Å²) in [5.74, 6) is 1.78. The Balaban J connectivity index is 1.15. The summed E-state index contributed by atoms with van der Waals surface area (Å²) in [5, 5.41) is 0. The molecule has 2 saturated heterocycles. The van der Waals surface area contributed by atoms with E-state index in [4.69, 9.17) is 9.47 Å². The summed E-state index contributed by atoms with van der Waals surface area (Å²) in [7, 11) is 4.07. The topological polar surface area (TPSA) is 58.1 Å². The number of aromatic nitrogens is 1. The van der Waals surface area contributed by atoms with Crippen LogP contribution in [0, 0.1) is 0 Å². The van der Waals surface area contributed by atoms with Crippen LogP contribution in [0.5, 0.6) is 11.6 Å². The van der Waals surface area contributed by atoms with Gasteiger partial charge in [0.25, 0.3) is 5.91 Å². The second-order valence-corrected chi connectivity index (χ2v) is 10.5. The van der Waals surface area contributed by atoms with Crippen LogP contribution in [-0.4, -0.2) is 67.1 Å². The third kappa shape index (κ3) is 6.53. The predicted octanol–water partition coefficient (Wildman–Crippen LogP) is 5.83. The smallest absolute Gasteiger partial charge is 0.257 e. The number of para-hydroxylation sites is 1. The van der Waals surface area contributed by atoms with Gasteiger partial charge in [-0.05, 0) is 61.7 Å². The number of likely N-dealkylation sites (tertiary alicyclic amines) is 2. The summed E-state index contributed by atoms with van der Waals surface area (Å²) in [6, 6.07) is 19.8. The molecule has 0 unspecified atom stereocenters. The van der Waals surface area contributed by atoms with Crippen LogP contribution in [0.1, 0.15) is 42.5 Å². The van der Waals surface area contributed by atoms with Crippen LogP contribution in [0.4, 0.5) is 5.69 Å². The number of piperidine rings is 2. The van der Waals surface area contributed by atoms with Crippen LogP contribution in [0.2, 0.25) is 0 Å². The van der Waals surface area contributed by atoms with Crippen molar-refractivity contribution < 1.29 is 14.3 Å². The lowest BCUT2D eigenvalue weighted by atomic mass is 10.1. The van der Waals surface area contributed by atoms with Crippen LogP contribution in [0.3, 0.4) is 0 Å². The number of nitrogens with zero attached hydrogens (tertiary/aromatic N) is 4. The summed E-state index contributed by atoms with van der Waals surface area (Å²) in [6.07, 6.45) is 6.92. The number of carbonyl (C=O) groups is 1.